The number of aliphatic carboxylic acids is 1. The summed E-state index contributed by atoms with van der Waals surface area (Å²) in [5, 5.41) is 25.3. The molecule has 4 N–H and O–H groups in total. The van der Waals surface area contributed by atoms with Gasteiger partial charge in [-0.15, -0.1) is 0 Å². The Bertz CT molecular complexity index is 1510. The summed E-state index contributed by atoms with van der Waals surface area (Å²) in [7, 11) is 0. The molecule has 1 aliphatic heterocycles. The molecular formula is C27H29N7O4S. The van der Waals surface area contributed by atoms with Gasteiger partial charge in [-0.25, -0.2) is 19.7 Å². The van der Waals surface area contributed by atoms with Crippen LogP contribution in [0.25, 0.3) is 32.6 Å². The molecule has 0 bridgehead atoms. The molecule has 12 heteroatoms. The van der Waals surface area contributed by atoms with Gasteiger partial charge in [-0.1, -0.05) is 11.3 Å². The molecule has 2 amide bonds. The maximum Gasteiger partial charge on any atom is 0.321 e. The van der Waals surface area contributed by atoms with Crippen LogP contribution in [0.3, 0.4) is 0 Å². The summed E-state index contributed by atoms with van der Waals surface area (Å²) in [4.78, 5) is 43.7. The van der Waals surface area contributed by atoms with E-state index < -0.39 is 18.1 Å². The van der Waals surface area contributed by atoms with E-state index in [9.17, 15) is 19.8 Å². The molecule has 202 valence electrons. The third-order valence-corrected chi connectivity index (χ3v) is 7.58. The second-order valence-corrected chi connectivity index (χ2v) is 10.4. The predicted molar refractivity (Wildman–Crippen MR) is 148 cm³/mol. The zero-order chi connectivity index (χ0) is 27.5. The first kappa shape index (κ1) is 26.6. The van der Waals surface area contributed by atoms with Gasteiger partial charge in [0.15, 0.2) is 11.0 Å². The maximum absolute atomic E-state index is 12.2. The molecule has 39 heavy (non-hydrogen) atoms. The number of carboxylic acid groups (broad SMARTS) is 1. The number of likely N-dealkylation sites (tertiary alicyclic amines) is 1. The largest absolute Gasteiger partial charge is 0.480 e. The fraction of sp³-hybridized carbons (Fsp3) is 0.333. The van der Waals surface area contributed by atoms with Crippen molar-refractivity contribution in [1.82, 2.24) is 30.2 Å². The highest BCUT2D eigenvalue weighted by molar-refractivity contribution is 7.22. The summed E-state index contributed by atoms with van der Waals surface area (Å²) in [6, 6.07) is 6.95. The first-order valence-electron chi connectivity index (χ1n) is 12.7. The van der Waals surface area contributed by atoms with Gasteiger partial charge >= 0.3 is 12.0 Å². The number of carboxylic acids is 1. The lowest BCUT2D eigenvalue weighted by atomic mass is 10.0. The Kier molecular flexibility index (Phi) is 7.77. The molecule has 0 radical (unpaired) electrons. The molecule has 11 nitrogen and oxygen atoms in total. The van der Waals surface area contributed by atoms with Crippen molar-refractivity contribution < 1.29 is 19.8 Å². The predicted octanol–water partition coefficient (Wildman–Crippen LogP) is 4.06. The lowest BCUT2D eigenvalue weighted by Crippen LogP contribution is -2.35. The summed E-state index contributed by atoms with van der Waals surface area (Å²) < 4.78 is 0.848. The number of urea groups is 1. The molecule has 0 saturated carbocycles. The van der Waals surface area contributed by atoms with Crippen LogP contribution in [0.2, 0.25) is 0 Å². The maximum atomic E-state index is 12.2. The zero-order valence-corrected chi connectivity index (χ0v) is 22.4. The lowest BCUT2D eigenvalue weighted by Gasteiger charge is -2.21. The average molecular weight is 548 g/mol. The van der Waals surface area contributed by atoms with Crippen LogP contribution >= 0.6 is 11.3 Å². The molecule has 2 atom stereocenters. The molecule has 4 aromatic rings. The van der Waals surface area contributed by atoms with Crippen molar-refractivity contribution in [2.24, 2.45) is 0 Å². The molecule has 1 unspecified atom stereocenters. The highest BCUT2D eigenvalue weighted by Gasteiger charge is 2.30. The summed E-state index contributed by atoms with van der Waals surface area (Å²) in [5.41, 5.74) is 4.72. The second kappa shape index (κ2) is 11.4. The minimum Gasteiger partial charge on any atom is -0.480 e. The van der Waals surface area contributed by atoms with Crippen molar-refractivity contribution in [3.8, 4) is 22.4 Å². The number of amides is 2. The smallest absolute Gasteiger partial charge is 0.321 e. The summed E-state index contributed by atoms with van der Waals surface area (Å²) in [6.07, 6.45) is 5.77. The highest BCUT2D eigenvalue weighted by atomic mass is 32.1. The molecule has 1 fully saturated rings. The molecule has 5 rings (SSSR count). The Morgan fingerprint density at radius 2 is 1.97 bits per heavy atom. The molecule has 0 aliphatic carbocycles. The van der Waals surface area contributed by atoms with Gasteiger partial charge in [0.05, 0.1) is 15.9 Å². The fourth-order valence-corrected chi connectivity index (χ4v) is 5.66. The summed E-state index contributed by atoms with van der Waals surface area (Å²) >= 11 is 1.35. The number of hydrogen-bond donors (Lipinski definition) is 4. The van der Waals surface area contributed by atoms with E-state index in [1.54, 1.807) is 25.5 Å². The average Bonchev–Trinajstić information content (AvgIpc) is 3.55. The van der Waals surface area contributed by atoms with Gasteiger partial charge in [0, 0.05) is 42.8 Å². The van der Waals surface area contributed by atoms with E-state index in [0.29, 0.717) is 41.7 Å². The van der Waals surface area contributed by atoms with Crippen LogP contribution < -0.4 is 10.6 Å². The van der Waals surface area contributed by atoms with Crippen LogP contribution in [0.4, 0.5) is 9.93 Å². The van der Waals surface area contributed by atoms with Gasteiger partial charge in [-0.05, 0) is 68.6 Å². The number of pyridine rings is 1. The van der Waals surface area contributed by atoms with Crippen molar-refractivity contribution in [2.75, 3.05) is 18.4 Å². The number of carbonyl (C=O) groups excluding carboxylic acids is 1. The molecule has 4 heterocycles. The fourth-order valence-electron chi connectivity index (χ4n) is 4.70. The molecule has 1 aliphatic rings. The van der Waals surface area contributed by atoms with Crippen molar-refractivity contribution >= 4 is 38.7 Å². The monoisotopic (exact) mass is 547 g/mol. The molecule has 0 spiro atoms. The quantitative estimate of drug-likeness (QED) is 0.256. The number of fused-ring (bicyclic) bond motifs is 1. The summed E-state index contributed by atoms with van der Waals surface area (Å²) in [5.74, 6) is -0.463. The van der Waals surface area contributed by atoms with E-state index in [2.05, 4.69) is 30.6 Å². The Morgan fingerprint density at radius 1 is 1.18 bits per heavy atom. The van der Waals surface area contributed by atoms with Crippen LogP contribution in [0.15, 0.2) is 42.9 Å². The van der Waals surface area contributed by atoms with Crippen LogP contribution in [-0.4, -0.2) is 66.2 Å². The number of rotatable bonds is 8. The third-order valence-electron chi connectivity index (χ3n) is 6.56. The Balaban J connectivity index is 1.56. The van der Waals surface area contributed by atoms with Crippen molar-refractivity contribution in [1.29, 1.82) is 0 Å². The van der Waals surface area contributed by atoms with Crippen molar-refractivity contribution in [3.05, 3.63) is 54.2 Å². The highest BCUT2D eigenvalue weighted by Crippen LogP contribution is 2.38. The normalized spacial score (nSPS) is 16.3. The van der Waals surface area contributed by atoms with E-state index in [4.69, 9.17) is 0 Å². The zero-order valence-electron chi connectivity index (χ0n) is 21.6. The summed E-state index contributed by atoms with van der Waals surface area (Å²) in [6.45, 7) is 5.19. The number of thiazole rings is 1. The second-order valence-electron chi connectivity index (χ2n) is 9.40. The number of nitrogens with one attached hydrogen (secondary N) is 2. The number of nitrogens with zero attached hydrogens (tertiary/aromatic N) is 5. The van der Waals surface area contributed by atoms with Crippen LogP contribution in [0, 0.1) is 0 Å². The number of aliphatic hydroxyl groups excluding tert-OH is 1. The van der Waals surface area contributed by atoms with E-state index >= 15 is 0 Å². The van der Waals surface area contributed by atoms with Crippen LogP contribution in [-0.2, 0) is 11.3 Å². The first-order chi connectivity index (χ1) is 18.8. The van der Waals surface area contributed by atoms with Crippen LogP contribution in [0.1, 0.15) is 44.2 Å². The van der Waals surface area contributed by atoms with E-state index in [0.717, 1.165) is 39.9 Å². The molecular weight excluding hydrogens is 518 g/mol. The lowest BCUT2D eigenvalue weighted by molar-refractivity contribution is -0.142. The Morgan fingerprint density at radius 3 is 2.69 bits per heavy atom. The molecule has 3 aromatic heterocycles. The van der Waals surface area contributed by atoms with Crippen molar-refractivity contribution in [3.63, 3.8) is 0 Å². The number of aliphatic hydroxyl groups is 1. The van der Waals surface area contributed by atoms with Gasteiger partial charge in [0.1, 0.15) is 12.1 Å². The molecule has 1 saturated heterocycles. The minimum atomic E-state index is -0.795. The van der Waals surface area contributed by atoms with E-state index in [-0.39, 0.29) is 6.03 Å². The van der Waals surface area contributed by atoms with Crippen LogP contribution in [0.5, 0.6) is 0 Å². The number of carbonyl (C=O) groups is 2. The van der Waals surface area contributed by atoms with Crippen molar-refractivity contribution in [2.45, 2.75) is 45.4 Å². The standard InChI is InChI=1S/C27H29N7O4S/c1-3-28-26(38)33-27-32-21-11-17(18-12-30-24(15(2)35)31-13-18)10-19(23(21)39-27)20-9-16(6-7-29-20)14-34-8-4-5-22(34)25(36)37/h6-7,9-13,15,22,35H,3-5,8,14H2,1-2H3,(H,36,37)(H2,28,32,33,38)/t15?,22-/m0/s1. The van der Waals surface area contributed by atoms with Gasteiger partial charge in [0.25, 0.3) is 0 Å². The number of anilines is 1. The van der Waals surface area contributed by atoms with Gasteiger partial charge in [0.2, 0.25) is 0 Å². The third kappa shape index (κ3) is 5.87. The van der Waals surface area contributed by atoms with Gasteiger partial charge in [-0.3, -0.25) is 20.0 Å². The number of benzene rings is 1. The minimum absolute atomic E-state index is 0.332. The Labute approximate surface area is 229 Å². The SMILES string of the molecule is CCNC(=O)Nc1nc2cc(-c3cnc(C(C)O)nc3)cc(-c3cc(CN4CCC[C@H]4C(=O)O)ccn3)c2s1. The number of hydrogen-bond acceptors (Lipinski definition) is 9. The Hall–Kier alpha value is -4.00. The van der Waals surface area contributed by atoms with Gasteiger partial charge < -0.3 is 15.5 Å². The van der Waals surface area contributed by atoms with E-state index in [1.807, 2.05) is 36.1 Å². The number of aromatic nitrogens is 4. The first-order valence-corrected chi connectivity index (χ1v) is 13.6. The molecule has 1 aromatic carbocycles. The van der Waals surface area contributed by atoms with Gasteiger partial charge in [-0.2, -0.15) is 0 Å². The topological polar surface area (TPSA) is 153 Å². The van der Waals surface area contributed by atoms with E-state index in [1.165, 1.54) is 11.3 Å².